The number of ether oxygens (including phenoxy) is 2. The lowest BCUT2D eigenvalue weighted by Crippen LogP contribution is -2.28. The van der Waals surface area contributed by atoms with E-state index in [0.717, 1.165) is 22.6 Å². The second-order valence-electron chi connectivity index (χ2n) is 8.06. The van der Waals surface area contributed by atoms with Crippen LogP contribution < -0.4 is 9.47 Å². The van der Waals surface area contributed by atoms with Crippen molar-refractivity contribution in [3.8, 4) is 22.6 Å². The van der Waals surface area contributed by atoms with Crippen molar-refractivity contribution in [2.75, 3.05) is 13.2 Å². The highest BCUT2D eigenvalue weighted by atomic mass is 16.5. The summed E-state index contributed by atoms with van der Waals surface area (Å²) in [7, 11) is 0. The average Bonchev–Trinajstić information content (AvgIpc) is 2.75. The molecule has 0 aliphatic carbocycles. The van der Waals surface area contributed by atoms with Gasteiger partial charge < -0.3 is 9.47 Å². The fraction of sp³-hybridized carbons (Fsp3) is 0.200. The summed E-state index contributed by atoms with van der Waals surface area (Å²) in [5, 5.41) is 4.79. The Hall–Kier alpha value is -3.00. The molecule has 1 aliphatic heterocycles. The first-order chi connectivity index (χ1) is 13.1. The Morgan fingerprint density at radius 2 is 1.04 bits per heavy atom. The van der Waals surface area contributed by atoms with Crippen molar-refractivity contribution in [3.63, 3.8) is 0 Å². The van der Waals surface area contributed by atoms with E-state index < -0.39 is 0 Å². The molecule has 5 rings (SSSR count). The molecule has 1 heterocycles. The Morgan fingerprint density at radius 1 is 0.593 bits per heavy atom. The second-order valence-corrected chi connectivity index (χ2v) is 8.06. The van der Waals surface area contributed by atoms with Crippen LogP contribution in [0.2, 0.25) is 0 Å². The van der Waals surface area contributed by atoms with Crippen molar-refractivity contribution in [1.29, 1.82) is 0 Å². The van der Waals surface area contributed by atoms with E-state index in [4.69, 9.17) is 9.47 Å². The van der Waals surface area contributed by atoms with Crippen molar-refractivity contribution in [2.24, 2.45) is 5.41 Å². The van der Waals surface area contributed by atoms with Crippen LogP contribution in [0.15, 0.2) is 72.8 Å². The predicted molar refractivity (Wildman–Crippen MR) is 112 cm³/mol. The molecule has 134 valence electrons. The van der Waals surface area contributed by atoms with Crippen LogP contribution in [0.5, 0.6) is 11.5 Å². The first-order valence-corrected chi connectivity index (χ1v) is 9.42. The van der Waals surface area contributed by atoms with Gasteiger partial charge >= 0.3 is 0 Å². The summed E-state index contributed by atoms with van der Waals surface area (Å²) in [6.07, 6.45) is 0. The van der Waals surface area contributed by atoms with Crippen LogP contribution >= 0.6 is 0 Å². The van der Waals surface area contributed by atoms with Crippen LogP contribution in [0, 0.1) is 5.41 Å². The van der Waals surface area contributed by atoms with Crippen molar-refractivity contribution >= 4 is 21.5 Å². The van der Waals surface area contributed by atoms with Gasteiger partial charge in [0.2, 0.25) is 0 Å². The van der Waals surface area contributed by atoms with Gasteiger partial charge in [-0.05, 0) is 33.7 Å². The quantitative estimate of drug-likeness (QED) is 0.361. The van der Waals surface area contributed by atoms with Gasteiger partial charge in [0.25, 0.3) is 0 Å². The van der Waals surface area contributed by atoms with E-state index in [1.807, 2.05) is 0 Å². The summed E-state index contributed by atoms with van der Waals surface area (Å²) in [5.41, 5.74) is 2.17. The van der Waals surface area contributed by atoms with E-state index in [9.17, 15) is 0 Å². The lowest BCUT2D eigenvalue weighted by Gasteiger charge is -2.24. The molecule has 0 amide bonds. The van der Waals surface area contributed by atoms with Gasteiger partial charge in [-0.2, -0.15) is 0 Å². The van der Waals surface area contributed by atoms with E-state index in [1.54, 1.807) is 0 Å². The number of rotatable bonds is 0. The van der Waals surface area contributed by atoms with E-state index in [0.29, 0.717) is 13.2 Å². The molecule has 4 aromatic rings. The Kier molecular flexibility index (Phi) is 3.61. The number of fused-ring (bicyclic) bond motifs is 7. The predicted octanol–water partition coefficient (Wildman–Crippen LogP) is 6.46. The van der Waals surface area contributed by atoms with E-state index in [-0.39, 0.29) is 5.41 Å². The smallest absolute Gasteiger partial charge is 0.127 e. The second kappa shape index (κ2) is 6.02. The van der Waals surface area contributed by atoms with Gasteiger partial charge in [0, 0.05) is 16.5 Å². The highest BCUT2D eigenvalue weighted by molar-refractivity contribution is 6.09. The molecule has 0 aromatic heterocycles. The topological polar surface area (TPSA) is 18.5 Å². The third-order valence-electron chi connectivity index (χ3n) is 5.27. The largest absolute Gasteiger partial charge is 0.492 e. The fourth-order valence-corrected chi connectivity index (χ4v) is 3.85. The van der Waals surface area contributed by atoms with Gasteiger partial charge in [0.05, 0.1) is 13.2 Å². The molecule has 0 atom stereocenters. The Balaban J connectivity index is 1.93. The van der Waals surface area contributed by atoms with Crippen LogP contribution in [-0.4, -0.2) is 13.2 Å². The SMILES string of the molecule is CC1(C)COc2ccc3ccccc3c2-c2c(ccc3ccccc23)OC1. The minimum Gasteiger partial charge on any atom is -0.492 e. The first kappa shape index (κ1) is 16.2. The van der Waals surface area contributed by atoms with Crippen LogP contribution in [0.25, 0.3) is 32.7 Å². The molecular weight excluding hydrogens is 332 g/mol. The third kappa shape index (κ3) is 2.73. The molecule has 0 radical (unpaired) electrons. The minimum absolute atomic E-state index is 0.0732. The zero-order valence-corrected chi connectivity index (χ0v) is 15.7. The van der Waals surface area contributed by atoms with Crippen LogP contribution in [0.4, 0.5) is 0 Å². The van der Waals surface area contributed by atoms with Crippen LogP contribution in [0.3, 0.4) is 0 Å². The molecule has 0 fully saturated rings. The van der Waals surface area contributed by atoms with Gasteiger partial charge in [-0.1, -0.05) is 74.5 Å². The standard InChI is InChI=1S/C25H22O2/c1-25(2)15-26-21-13-11-17-7-3-5-9-19(17)23(21)24-20-10-6-4-8-18(20)12-14-22(24)27-16-25/h3-14H,15-16H2,1-2H3. The molecule has 2 nitrogen and oxygen atoms in total. The molecule has 2 heteroatoms. The van der Waals surface area contributed by atoms with Gasteiger partial charge in [-0.25, -0.2) is 0 Å². The van der Waals surface area contributed by atoms with Crippen molar-refractivity contribution < 1.29 is 9.47 Å². The highest BCUT2D eigenvalue weighted by Crippen LogP contribution is 2.46. The molecular formula is C25H22O2. The number of hydrogen-bond acceptors (Lipinski definition) is 2. The number of hydrogen-bond donors (Lipinski definition) is 0. The van der Waals surface area contributed by atoms with Gasteiger partial charge in [0.15, 0.2) is 0 Å². The molecule has 0 N–H and O–H groups in total. The van der Waals surface area contributed by atoms with Crippen molar-refractivity contribution in [1.82, 2.24) is 0 Å². The molecule has 0 spiro atoms. The van der Waals surface area contributed by atoms with Gasteiger partial charge in [-0.15, -0.1) is 0 Å². The molecule has 0 saturated heterocycles. The zero-order valence-electron chi connectivity index (χ0n) is 15.7. The van der Waals surface area contributed by atoms with E-state index in [2.05, 4.69) is 86.6 Å². The van der Waals surface area contributed by atoms with Gasteiger partial charge in [-0.3, -0.25) is 0 Å². The van der Waals surface area contributed by atoms with E-state index >= 15 is 0 Å². The zero-order chi connectivity index (χ0) is 18.4. The van der Waals surface area contributed by atoms with E-state index in [1.165, 1.54) is 21.5 Å². The number of benzene rings is 4. The maximum absolute atomic E-state index is 6.36. The highest BCUT2D eigenvalue weighted by Gasteiger charge is 2.26. The molecule has 0 bridgehead atoms. The van der Waals surface area contributed by atoms with Crippen molar-refractivity contribution in [2.45, 2.75) is 13.8 Å². The molecule has 0 unspecified atom stereocenters. The molecule has 4 aromatic carbocycles. The fourth-order valence-electron chi connectivity index (χ4n) is 3.85. The van der Waals surface area contributed by atoms with Crippen LogP contribution in [-0.2, 0) is 0 Å². The third-order valence-corrected chi connectivity index (χ3v) is 5.27. The Bertz CT molecular complexity index is 1070. The summed E-state index contributed by atoms with van der Waals surface area (Å²) in [6, 6.07) is 25.5. The minimum atomic E-state index is -0.0732. The van der Waals surface area contributed by atoms with Gasteiger partial charge in [0.1, 0.15) is 11.5 Å². The lowest BCUT2D eigenvalue weighted by molar-refractivity contribution is 0.113. The summed E-state index contributed by atoms with van der Waals surface area (Å²) >= 11 is 0. The summed E-state index contributed by atoms with van der Waals surface area (Å²) < 4.78 is 12.7. The Labute approximate surface area is 159 Å². The molecule has 1 aliphatic rings. The lowest BCUT2D eigenvalue weighted by atomic mass is 9.92. The molecule has 0 saturated carbocycles. The maximum Gasteiger partial charge on any atom is 0.127 e. The van der Waals surface area contributed by atoms with Crippen molar-refractivity contribution in [3.05, 3.63) is 72.8 Å². The van der Waals surface area contributed by atoms with Crippen LogP contribution in [0.1, 0.15) is 13.8 Å². The average molecular weight is 354 g/mol. The first-order valence-electron chi connectivity index (χ1n) is 9.42. The normalized spacial score (nSPS) is 15.6. The summed E-state index contributed by atoms with van der Waals surface area (Å²) in [6.45, 7) is 5.59. The monoisotopic (exact) mass is 354 g/mol. The maximum atomic E-state index is 6.36. The Morgan fingerprint density at radius 3 is 1.52 bits per heavy atom. The molecule has 27 heavy (non-hydrogen) atoms. The summed E-state index contributed by atoms with van der Waals surface area (Å²) in [5.74, 6) is 1.84. The summed E-state index contributed by atoms with van der Waals surface area (Å²) in [4.78, 5) is 0.